The first kappa shape index (κ1) is 16.5. The summed E-state index contributed by atoms with van der Waals surface area (Å²) in [6.45, 7) is 4.39. The van der Waals surface area contributed by atoms with Crippen molar-refractivity contribution in [1.29, 1.82) is 0 Å². The lowest BCUT2D eigenvalue weighted by Gasteiger charge is -2.20. The van der Waals surface area contributed by atoms with Gasteiger partial charge in [-0.05, 0) is 62.7 Å². The number of hydrogen-bond donors (Lipinski definition) is 2. The molecule has 1 aliphatic heterocycles. The van der Waals surface area contributed by atoms with Crippen LogP contribution in [-0.4, -0.2) is 24.0 Å². The number of piperidine rings is 1. The van der Waals surface area contributed by atoms with Crippen LogP contribution in [0.25, 0.3) is 0 Å². The standard InChI is InChI=1S/C20H25N3O2S/c1-11-8-13(11)16-2-3-17(25-16)14-9-15(14)19(24)23-20-22-10-18(26-20)12-4-6-21-7-5-12/h2-3,10-15,21H,4-9H2,1H3,(H,22,23,24). The van der Waals surface area contributed by atoms with Crippen LogP contribution in [-0.2, 0) is 4.79 Å². The summed E-state index contributed by atoms with van der Waals surface area (Å²) in [5, 5.41) is 7.15. The monoisotopic (exact) mass is 371 g/mol. The molecule has 0 radical (unpaired) electrons. The number of nitrogens with zero attached hydrogens (tertiary/aromatic N) is 1. The Kier molecular flexibility index (Phi) is 4.13. The third-order valence-corrected chi connectivity index (χ3v) is 7.19. The highest BCUT2D eigenvalue weighted by atomic mass is 32.1. The molecule has 3 fully saturated rings. The van der Waals surface area contributed by atoms with Gasteiger partial charge in [-0.15, -0.1) is 11.3 Å². The minimum absolute atomic E-state index is 0.0249. The summed E-state index contributed by atoms with van der Waals surface area (Å²) in [5.41, 5.74) is 0. The van der Waals surface area contributed by atoms with Gasteiger partial charge in [-0.25, -0.2) is 4.98 Å². The Morgan fingerprint density at radius 3 is 2.69 bits per heavy atom. The predicted molar refractivity (Wildman–Crippen MR) is 102 cm³/mol. The van der Waals surface area contributed by atoms with Gasteiger partial charge in [0.1, 0.15) is 11.5 Å². The highest BCUT2D eigenvalue weighted by Crippen LogP contribution is 2.52. The van der Waals surface area contributed by atoms with Gasteiger partial charge in [-0.2, -0.15) is 0 Å². The Morgan fingerprint density at radius 2 is 1.96 bits per heavy atom. The van der Waals surface area contributed by atoms with Gasteiger partial charge in [0, 0.05) is 28.8 Å². The van der Waals surface area contributed by atoms with Crippen molar-refractivity contribution in [3.8, 4) is 0 Å². The fourth-order valence-corrected chi connectivity index (χ4v) is 5.11. The summed E-state index contributed by atoms with van der Waals surface area (Å²) in [4.78, 5) is 18.3. The summed E-state index contributed by atoms with van der Waals surface area (Å²) in [6, 6.07) is 4.17. The van der Waals surface area contributed by atoms with Gasteiger partial charge in [0.15, 0.2) is 5.13 Å². The molecule has 138 valence electrons. The van der Waals surface area contributed by atoms with E-state index in [1.165, 1.54) is 11.3 Å². The van der Waals surface area contributed by atoms with Crippen LogP contribution in [0, 0.1) is 11.8 Å². The molecule has 3 heterocycles. The second-order valence-electron chi connectivity index (χ2n) is 8.09. The maximum atomic E-state index is 12.6. The zero-order chi connectivity index (χ0) is 17.7. The second-order valence-corrected chi connectivity index (χ2v) is 9.15. The van der Waals surface area contributed by atoms with Crippen molar-refractivity contribution in [2.45, 2.75) is 50.4 Å². The van der Waals surface area contributed by atoms with E-state index in [2.05, 4.69) is 34.7 Å². The average Bonchev–Trinajstić information content (AvgIpc) is 3.49. The van der Waals surface area contributed by atoms with Crippen LogP contribution in [0.5, 0.6) is 0 Å². The predicted octanol–water partition coefficient (Wildman–Crippen LogP) is 4.07. The number of rotatable bonds is 5. The molecule has 1 amide bonds. The summed E-state index contributed by atoms with van der Waals surface area (Å²) in [5.74, 6) is 4.35. The largest absolute Gasteiger partial charge is 0.465 e. The molecule has 4 atom stereocenters. The first-order valence-corrected chi connectivity index (χ1v) is 10.6. The Morgan fingerprint density at radius 1 is 1.23 bits per heavy atom. The van der Waals surface area contributed by atoms with E-state index in [0.717, 1.165) is 54.9 Å². The maximum absolute atomic E-state index is 12.6. The molecule has 2 N–H and O–H groups in total. The highest BCUT2D eigenvalue weighted by Gasteiger charge is 2.47. The molecule has 2 aliphatic carbocycles. The molecule has 2 aromatic heterocycles. The van der Waals surface area contributed by atoms with Crippen molar-refractivity contribution < 1.29 is 9.21 Å². The minimum atomic E-state index is 0.0249. The Balaban J connectivity index is 1.18. The molecule has 5 rings (SSSR count). The average molecular weight is 372 g/mol. The molecule has 4 unspecified atom stereocenters. The molecule has 2 saturated carbocycles. The molecule has 0 spiro atoms. The van der Waals surface area contributed by atoms with E-state index in [-0.39, 0.29) is 17.7 Å². The quantitative estimate of drug-likeness (QED) is 0.831. The van der Waals surface area contributed by atoms with Crippen LogP contribution in [0.1, 0.15) is 66.8 Å². The van der Waals surface area contributed by atoms with E-state index in [1.807, 2.05) is 6.20 Å². The Labute approximate surface area is 157 Å². The smallest absolute Gasteiger partial charge is 0.230 e. The van der Waals surface area contributed by atoms with Crippen LogP contribution >= 0.6 is 11.3 Å². The highest BCUT2D eigenvalue weighted by molar-refractivity contribution is 7.15. The first-order valence-electron chi connectivity index (χ1n) is 9.76. The fraction of sp³-hybridized carbons (Fsp3) is 0.600. The minimum Gasteiger partial charge on any atom is -0.465 e. The molecular weight excluding hydrogens is 346 g/mol. The Hall–Kier alpha value is -1.66. The SMILES string of the molecule is CC1CC1c1ccc(C2CC2C(=O)Nc2ncc(C3CCNCC3)s2)o1. The van der Waals surface area contributed by atoms with Gasteiger partial charge in [0.25, 0.3) is 0 Å². The summed E-state index contributed by atoms with van der Waals surface area (Å²) >= 11 is 1.63. The zero-order valence-electron chi connectivity index (χ0n) is 15.0. The summed E-state index contributed by atoms with van der Waals surface area (Å²) in [6.07, 6.45) is 6.36. The van der Waals surface area contributed by atoms with E-state index >= 15 is 0 Å². The molecule has 6 heteroatoms. The molecule has 5 nitrogen and oxygen atoms in total. The molecule has 0 aromatic carbocycles. The number of carbonyl (C=O) groups is 1. The van der Waals surface area contributed by atoms with Crippen LogP contribution in [0.4, 0.5) is 5.13 Å². The molecule has 2 aromatic rings. The molecule has 3 aliphatic rings. The van der Waals surface area contributed by atoms with Crippen molar-refractivity contribution in [3.05, 3.63) is 34.7 Å². The number of aromatic nitrogens is 1. The maximum Gasteiger partial charge on any atom is 0.230 e. The van der Waals surface area contributed by atoms with Gasteiger partial charge < -0.3 is 15.1 Å². The normalized spacial score (nSPS) is 31.0. The van der Waals surface area contributed by atoms with Crippen molar-refractivity contribution in [3.63, 3.8) is 0 Å². The van der Waals surface area contributed by atoms with Crippen LogP contribution in [0.3, 0.4) is 0 Å². The third kappa shape index (κ3) is 3.21. The van der Waals surface area contributed by atoms with Gasteiger partial charge in [-0.1, -0.05) is 6.92 Å². The van der Waals surface area contributed by atoms with Crippen molar-refractivity contribution in [2.24, 2.45) is 11.8 Å². The lowest BCUT2D eigenvalue weighted by atomic mass is 9.97. The van der Waals surface area contributed by atoms with Gasteiger partial charge in [-0.3, -0.25) is 4.79 Å². The third-order valence-electron chi connectivity index (χ3n) is 6.11. The van der Waals surface area contributed by atoms with E-state index in [0.29, 0.717) is 11.8 Å². The second kappa shape index (κ2) is 6.50. The molecular formula is C20H25N3O2S. The number of anilines is 1. The van der Waals surface area contributed by atoms with Gasteiger partial charge >= 0.3 is 0 Å². The summed E-state index contributed by atoms with van der Waals surface area (Å²) in [7, 11) is 0. The number of hydrogen-bond acceptors (Lipinski definition) is 5. The molecule has 0 bridgehead atoms. The number of thiazole rings is 1. The lowest BCUT2D eigenvalue weighted by Crippen LogP contribution is -2.26. The van der Waals surface area contributed by atoms with Crippen molar-refractivity contribution in [1.82, 2.24) is 10.3 Å². The van der Waals surface area contributed by atoms with Crippen LogP contribution in [0.2, 0.25) is 0 Å². The molecule has 1 saturated heterocycles. The fourth-order valence-electron chi connectivity index (χ4n) is 4.12. The Bertz CT molecular complexity index is 808. The first-order chi connectivity index (χ1) is 12.7. The van der Waals surface area contributed by atoms with E-state index in [9.17, 15) is 4.79 Å². The number of nitrogens with one attached hydrogen (secondary N) is 2. The number of amides is 1. The van der Waals surface area contributed by atoms with Crippen LogP contribution < -0.4 is 10.6 Å². The lowest BCUT2D eigenvalue weighted by molar-refractivity contribution is -0.117. The number of carbonyl (C=O) groups excluding carboxylic acids is 1. The van der Waals surface area contributed by atoms with Gasteiger partial charge in [0.05, 0.1) is 0 Å². The van der Waals surface area contributed by atoms with Crippen molar-refractivity contribution >= 4 is 22.4 Å². The number of furan rings is 1. The van der Waals surface area contributed by atoms with E-state index in [1.54, 1.807) is 11.3 Å². The van der Waals surface area contributed by atoms with E-state index in [4.69, 9.17) is 4.42 Å². The van der Waals surface area contributed by atoms with Crippen LogP contribution in [0.15, 0.2) is 22.7 Å². The van der Waals surface area contributed by atoms with Crippen molar-refractivity contribution in [2.75, 3.05) is 18.4 Å². The summed E-state index contributed by atoms with van der Waals surface area (Å²) < 4.78 is 6.02. The molecule has 26 heavy (non-hydrogen) atoms. The zero-order valence-corrected chi connectivity index (χ0v) is 15.8. The topological polar surface area (TPSA) is 67.2 Å². The van der Waals surface area contributed by atoms with Gasteiger partial charge in [0.2, 0.25) is 5.91 Å². The van der Waals surface area contributed by atoms with E-state index < -0.39 is 0 Å².